The van der Waals surface area contributed by atoms with E-state index in [2.05, 4.69) is 5.16 Å². The first-order valence-electron chi connectivity index (χ1n) is 5.19. The third-order valence-corrected chi connectivity index (χ3v) is 2.78. The van der Waals surface area contributed by atoms with E-state index in [1.165, 1.54) is 0 Å². The minimum absolute atomic E-state index is 0.0556. The van der Waals surface area contributed by atoms with E-state index in [0.717, 1.165) is 17.7 Å². The Morgan fingerprint density at radius 1 is 1.40 bits per heavy atom. The van der Waals surface area contributed by atoms with Crippen molar-refractivity contribution in [2.24, 2.45) is 11.1 Å². The average Bonchev–Trinajstić information content (AvgIpc) is 2.54. The summed E-state index contributed by atoms with van der Waals surface area (Å²) in [5.41, 5.74) is 1.85. The highest BCUT2D eigenvalue weighted by atomic mass is 16.7. The van der Waals surface area contributed by atoms with Gasteiger partial charge in [0.2, 0.25) is 5.79 Å². The van der Waals surface area contributed by atoms with Crippen LogP contribution < -0.4 is 0 Å². The fourth-order valence-electron chi connectivity index (χ4n) is 1.96. The van der Waals surface area contributed by atoms with Gasteiger partial charge in [0.25, 0.3) is 0 Å². The van der Waals surface area contributed by atoms with E-state index in [-0.39, 0.29) is 5.92 Å². The average molecular weight is 205 g/mol. The van der Waals surface area contributed by atoms with Crippen LogP contribution in [0.3, 0.4) is 0 Å². The second-order valence-electron chi connectivity index (χ2n) is 3.95. The van der Waals surface area contributed by atoms with Crippen molar-refractivity contribution in [2.45, 2.75) is 26.1 Å². The summed E-state index contributed by atoms with van der Waals surface area (Å²) < 4.78 is 0. The molecular formula is C12H15NO2. The summed E-state index contributed by atoms with van der Waals surface area (Å²) in [6, 6.07) is 9.83. The maximum absolute atomic E-state index is 9.95. The van der Waals surface area contributed by atoms with Gasteiger partial charge in [-0.1, -0.05) is 42.4 Å². The zero-order valence-corrected chi connectivity index (χ0v) is 8.97. The molecule has 15 heavy (non-hydrogen) atoms. The Morgan fingerprint density at radius 3 is 2.67 bits per heavy atom. The van der Waals surface area contributed by atoms with Gasteiger partial charge in [0.1, 0.15) is 0 Å². The Balaban J connectivity index is 2.32. The first-order valence-corrected chi connectivity index (χ1v) is 5.19. The van der Waals surface area contributed by atoms with Crippen LogP contribution in [-0.2, 0) is 4.84 Å². The lowest BCUT2D eigenvalue weighted by Crippen LogP contribution is -2.35. The van der Waals surface area contributed by atoms with Crippen molar-refractivity contribution >= 4 is 5.71 Å². The third kappa shape index (κ3) is 1.75. The molecule has 0 aliphatic carbocycles. The van der Waals surface area contributed by atoms with Crippen LogP contribution in [-0.4, -0.2) is 16.6 Å². The van der Waals surface area contributed by atoms with Gasteiger partial charge in [-0.15, -0.1) is 0 Å². The fraction of sp³-hybridized carbons (Fsp3) is 0.417. The van der Waals surface area contributed by atoms with E-state index in [9.17, 15) is 5.11 Å². The lowest BCUT2D eigenvalue weighted by atomic mass is 9.89. The van der Waals surface area contributed by atoms with Crippen LogP contribution in [0.4, 0.5) is 0 Å². The van der Waals surface area contributed by atoms with Crippen molar-refractivity contribution < 1.29 is 9.94 Å². The van der Waals surface area contributed by atoms with Gasteiger partial charge in [0, 0.05) is 6.92 Å². The minimum atomic E-state index is -1.17. The lowest BCUT2D eigenvalue weighted by molar-refractivity contribution is -0.194. The number of hydrogen-bond donors (Lipinski definition) is 1. The molecule has 0 amide bonds. The third-order valence-electron chi connectivity index (χ3n) is 2.78. The van der Waals surface area contributed by atoms with Gasteiger partial charge in [0.05, 0.1) is 11.6 Å². The molecule has 1 aliphatic heterocycles. The van der Waals surface area contributed by atoms with E-state index >= 15 is 0 Å². The number of benzene rings is 1. The number of nitrogens with zero attached hydrogens (tertiary/aromatic N) is 1. The first-order chi connectivity index (χ1) is 7.15. The Hall–Kier alpha value is -1.35. The summed E-state index contributed by atoms with van der Waals surface area (Å²) in [5.74, 6) is -1.22. The van der Waals surface area contributed by atoms with Gasteiger partial charge in [-0.2, -0.15) is 0 Å². The molecule has 2 atom stereocenters. The Kier molecular flexibility index (Phi) is 2.49. The molecule has 1 N–H and O–H groups in total. The number of oxime groups is 1. The number of hydrogen-bond acceptors (Lipinski definition) is 3. The quantitative estimate of drug-likeness (QED) is 0.803. The molecule has 0 fully saturated rings. The zero-order valence-electron chi connectivity index (χ0n) is 8.97. The fourth-order valence-corrected chi connectivity index (χ4v) is 1.96. The molecule has 80 valence electrons. The van der Waals surface area contributed by atoms with Crippen molar-refractivity contribution in [1.29, 1.82) is 0 Å². The first kappa shape index (κ1) is 10.2. The van der Waals surface area contributed by atoms with Crippen molar-refractivity contribution in [3.05, 3.63) is 35.9 Å². The van der Waals surface area contributed by atoms with Gasteiger partial charge < -0.3 is 9.94 Å². The lowest BCUT2D eigenvalue weighted by Gasteiger charge is -2.22. The number of aliphatic hydroxyl groups is 1. The van der Waals surface area contributed by atoms with E-state index in [1.54, 1.807) is 6.92 Å². The van der Waals surface area contributed by atoms with Gasteiger partial charge in [0.15, 0.2) is 0 Å². The smallest absolute Gasteiger partial charge is 0.240 e. The molecule has 0 radical (unpaired) electrons. The standard InChI is InChI=1S/C12H15NO2/c1-3-10-11(13-15-12(10,2)14)9-7-5-4-6-8-9/h4-8,10,14H,3H2,1-2H3. The molecule has 1 aliphatic rings. The minimum Gasteiger partial charge on any atom is -0.360 e. The highest BCUT2D eigenvalue weighted by Crippen LogP contribution is 2.32. The molecule has 0 saturated heterocycles. The van der Waals surface area contributed by atoms with Crippen LogP contribution >= 0.6 is 0 Å². The van der Waals surface area contributed by atoms with E-state index in [0.29, 0.717) is 0 Å². The van der Waals surface area contributed by atoms with E-state index in [4.69, 9.17) is 4.84 Å². The van der Waals surface area contributed by atoms with Crippen LogP contribution in [0.1, 0.15) is 25.8 Å². The zero-order chi connectivity index (χ0) is 10.9. The summed E-state index contributed by atoms with van der Waals surface area (Å²) in [5, 5.41) is 13.9. The monoisotopic (exact) mass is 205 g/mol. The van der Waals surface area contributed by atoms with Gasteiger partial charge in [-0.25, -0.2) is 0 Å². The highest BCUT2D eigenvalue weighted by molar-refractivity contribution is 6.03. The van der Waals surface area contributed by atoms with Crippen molar-refractivity contribution in [2.75, 3.05) is 0 Å². The summed E-state index contributed by atoms with van der Waals surface area (Å²) in [6.45, 7) is 3.67. The summed E-state index contributed by atoms with van der Waals surface area (Å²) in [6.07, 6.45) is 0.806. The molecule has 1 heterocycles. The second-order valence-corrected chi connectivity index (χ2v) is 3.95. The predicted octanol–water partition coefficient (Wildman–Crippen LogP) is 2.16. The summed E-state index contributed by atoms with van der Waals surface area (Å²) >= 11 is 0. The molecule has 2 rings (SSSR count). The summed E-state index contributed by atoms with van der Waals surface area (Å²) in [7, 11) is 0. The maximum Gasteiger partial charge on any atom is 0.240 e. The molecule has 3 nitrogen and oxygen atoms in total. The van der Waals surface area contributed by atoms with Crippen LogP contribution in [0.5, 0.6) is 0 Å². The van der Waals surface area contributed by atoms with Crippen molar-refractivity contribution in [1.82, 2.24) is 0 Å². The molecule has 1 aromatic rings. The van der Waals surface area contributed by atoms with E-state index < -0.39 is 5.79 Å². The molecule has 0 saturated carbocycles. The van der Waals surface area contributed by atoms with Crippen LogP contribution in [0.15, 0.2) is 35.5 Å². The van der Waals surface area contributed by atoms with Crippen molar-refractivity contribution in [3.8, 4) is 0 Å². The van der Waals surface area contributed by atoms with Crippen LogP contribution in [0, 0.1) is 5.92 Å². The van der Waals surface area contributed by atoms with Crippen LogP contribution in [0.2, 0.25) is 0 Å². The molecule has 1 aromatic carbocycles. The van der Waals surface area contributed by atoms with Crippen molar-refractivity contribution in [3.63, 3.8) is 0 Å². The molecular weight excluding hydrogens is 190 g/mol. The molecule has 3 heteroatoms. The van der Waals surface area contributed by atoms with Gasteiger partial charge in [-0.05, 0) is 12.0 Å². The largest absolute Gasteiger partial charge is 0.360 e. The maximum atomic E-state index is 9.95. The SMILES string of the molecule is CCC1C(c2ccccc2)=NOC1(C)O. The Morgan fingerprint density at radius 2 is 2.07 bits per heavy atom. The molecule has 0 spiro atoms. The highest BCUT2D eigenvalue weighted by Gasteiger charge is 2.42. The summed E-state index contributed by atoms with van der Waals surface area (Å²) in [4.78, 5) is 5.05. The normalized spacial score (nSPS) is 29.8. The Bertz CT molecular complexity index is 370. The van der Waals surface area contributed by atoms with E-state index in [1.807, 2.05) is 37.3 Å². The van der Waals surface area contributed by atoms with Crippen LogP contribution in [0.25, 0.3) is 0 Å². The topological polar surface area (TPSA) is 41.8 Å². The second kappa shape index (κ2) is 3.66. The molecule has 2 unspecified atom stereocenters. The van der Waals surface area contributed by atoms with Gasteiger partial charge in [-0.3, -0.25) is 0 Å². The Labute approximate surface area is 89.4 Å². The molecule has 0 aromatic heterocycles. The molecule has 0 bridgehead atoms. The number of rotatable bonds is 2. The van der Waals surface area contributed by atoms with Gasteiger partial charge >= 0.3 is 0 Å². The predicted molar refractivity (Wildman–Crippen MR) is 58.5 cm³/mol.